The van der Waals surface area contributed by atoms with Crippen LogP contribution < -0.4 is 20.2 Å². The van der Waals surface area contributed by atoms with Crippen molar-refractivity contribution in [1.82, 2.24) is 10.4 Å². The van der Waals surface area contributed by atoms with Crippen LogP contribution in [0.25, 0.3) is 0 Å². The molecule has 0 fully saturated rings. The molecule has 0 aliphatic carbocycles. The van der Waals surface area contributed by atoms with E-state index in [0.717, 1.165) is 0 Å². The Morgan fingerprint density at radius 1 is 1.12 bits per heavy atom. The summed E-state index contributed by atoms with van der Waals surface area (Å²) in [6.07, 6.45) is 3.21. The molecule has 0 unspecified atom stereocenters. The van der Waals surface area contributed by atoms with Gasteiger partial charge in [-0.05, 0) is 43.3 Å². The minimum atomic E-state index is -0.423. The Hall–Kier alpha value is -3.42. The van der Waals surface area contributed by atoms with Crippen molar-refractivity contribution in [3.8, 4) is 11.5 Å². The number of pyridine rings is 1. The molecule has 2 rings (SSSR count). The minimum Gasteiger partial charge on any atom is -0.497 e. The van der Waals surface area contributed by atoms with Gasteiger partial charge in [-0.2, -0.15) is 5.10 Å². The molecule has 2 aromatic rings. The zero-order chi connectivity index (χ0) is 18.8. The lowest BCUT2D eigenvalue weighted by Crippen LogP contribution is -2.26. The fraction of sp³-hybridized carbons (Fsp3) is 0.222. The SMILES string of the molecule is COc1ccc(OCC(=O)N/N=C(\C)CC(=O)Nc2cccnc2)cc1. The lowest BCUT2D eigenvalue weighted by atomic mass is 10.3. The molecule has 136 valence electrons. The first-order chi connectivity index (χ1) is 12.6. The summed E-state index contributed by atoms with van der Waals surface area (Å²) in [5.74, 6) is 0.569. The van der Waals surface area contributed by atoms with Gasteiger partial charge in [-0.15, -0.1) is 0 Å². The largest absolute Gasteiger partial charge is 0.497 e. The van der Waals surface area contributed by atoms with E-state index < -0.39 is 5.91 Å². The maximum atomic E-state index is 11.9. The fourth-order valence-electron chi connectivity index (χ4n) is 1.92. The van der Waals surface area contributed by atoms with Gasteiger partial charge in [0.1, 0.15) is 11.5 Å². The number of benzene rings is 1. The van der Waals surface area contributed by atoms with Crippen LogP contribution in [0.15, 0.2) is 53.9 Å². The number of nitrogens with zero attached hydrogens (tertiary/aromatic N) is 2. The summed E-state index contributed by atoms with van der Waals surface area (Å²) in [6, 6.07) is 10.3. The molecule has 2 amide bonds. The first-order valence-electron chi connectivity index (χ1n) is 7.85. The lowest BCUT2D eigenvalue weighted by Gasteiger charge is -2.07. The van der Waals surface area contributed by atoms with Crippen molar-refractivity contribution in [2.75, 3.05) is 19.0 Å². The van der Waals surface area contributed by atoms with E-state index in [1.165, 1.54) is 0 Å². The van der Waals surface area contributed by atoms with Gasteiger partial charge in [0.25, 0.3) is 5.91 Å². The highest BCUT2D eigenvalue weighted by Gasteiger charge is 2.06. The number of nitrogens with one attached hydrogen (secondary N) is 2. The summed E-state index contributed by atoms with van der Waals surface area (Å²) in [4.78, 5) is 27.5. The molecule has 1 heterocycles. The first kappa shape index (κ1) is 18.9. The van der Waals surface area contributed by atoms with Gasteiger partial charge in [-0.1, -0.05) is 0 Å². The van der Waals surface area contributed by atoms with Gasteiger partial charge in [0, 0.05) is 11.9 Å². The molecule has 0 spiro atoms. The van der Waals surface area contributed by atoms with Gasteiger partial charge in [-0.3, -0.25) is 14.6 Å². The molecular formula is C18H20N4O4. The van der Waals surface area contributed by atoms with Crippen molar-refractivity contribution in [2.45, 2.75) is 13.3 Å². The summed E-state index contributed by atoms with van der Waals surface area (Å²) in [5, 5.41) is 6.57. The van der Waals surface area contributed by atoms with Gasteiger partial charge < -0.3 is 14.8 Å². The topological polar surface area (TPSA) is 102 Å². The van der Waals surface area contributed by atoms with E-state index in [-0.39, 0.29) is 18.9 Å². The number of anilines is 1. The average Bonchev–Trinajstić information content (AvgIpc) is 2.65. The van der Waals surface area contributed by atoms with Crippen LogP contribution >= 0.6 is 0 Å². The number of carbonyl (C=O) groups excluding carboxylic acids is 2. The quantitative estimate of drug-likeness (QED) is 0.556. The van der Waals surface area contributed by atoms with Crippen LogP contribution in [0, 0.1) is 0 Å². The molecule has 0 aliphatic heterocycles. The van der Waals surface area contributed by atoms with Crippen LogP contribution in [0.3, 0.4) is 0 Å². The summed E-state index contributed by atoms with van der Waals surface area (Å²) in [6.45, 7) is 1.46. The number of rotatable bonds is 8. The Bertz CT molecular complexity index is 761. The van der Waals surface area contributed by atoms with Gasteiger partial charge in [0.15, 0.2) is 6.61 Å². The Morgan fingerprint density at radius 3 is 2.50 bits per heavy atom. The molecule has 26 heavy (non-hydrogen) atoms. The van der Waals surface area contributed by atoms with Crippen molar-refractivity contribution in [3.63, 3.8) is 0 Å². The molecule has 0 saturated carbocycles. The van der Waals surface area contributed by atoms with E-state index >= 15 is 0 Å². The number of amides is 2. The highest BCUT2D eigenvalue weighted by Crippen LogP contribution is 2.16. The predicted octanol–water partition coefficient (Wildman–Crippen LogP) is 1.99. The highest BCUT2D eigenvalue weighted by atomic mass is 16.5. The molecule has 1 aromatic heterocycles. The molecule has 0 aliphatic rings. The Morgan fingerprint density at radius 2 is 1.85 bits per heavy atom. The minimum absolute atomic E-state index is 0.0501. The van der Waals surface area contributed by atoms with E-state index in [0.29, 0.717) is 22.9 Å². The summed E-state index contributed by atoms with van der Waals surface area (Å²) < 4.78 is 10.4. The first-order valence-corrected chi connectivity index (χ1v) is 7.85. The smallest absolute Gasteiger partial charge is 0.277 e. The van der Waals surface area contributed by atoms with Crippen LogP contribution in [-0.2, 0) is 9.59 Å². The average molecular weight is 356 g/mol. The third kappa shape index (κ3) is 6.60. The molecule has 8 heteroatoms. The summed E-state index contributed by atoms with van der Waals surface area (Å²) in [5.41, 5.74) is 3.41. The highest BCUT2D eigenvalue weighted by molar-refractivity contribution is 6.05. The van der Waals surface area contributed by atoms with Crippen molar-refractivity contribution in [3.05, 3.63) is 48.8 Å². The molecule has 8 nitrogen and oxygen atoms in total. The molecule has 2 N–H and O–H groups in total. The number of hydrogen-bond acceptors (Lipinski definition) is 6. The van der Waals surface area contributed by atoms with E-state index in [4.69, 9.17) is 9.47 Å². The normalized spacial score (nSPS) is 10.8. The van der Waals surface area contributed by atoms with Crippen molar-refractivity contribution in [1.29, 1.82) is 0 Å². The lowest BCUT2D eigenvalue weighted by molar-refractivity contribution is -0.123. The van der Waals surface area contributed by atoms with E-state index in [1.54, 1.807) is 62.8 Å². The number of hydrazone groups is 1. The van der Waals surface area contributed by atoms with Crippen LogP contribution in [-0.4, -0.2) is 36.2 Å². The van der Waals surface area contributed by atoms with E-state index in [2.05, 4.69) is 20.8 Å². The van der Waals surface area contributed by atoms with Crippen molar-refractivity contribution < 1.29 is 19.1 Å². The van der Waals surface area contributed by atoms with Gasteiger partial charge >= 0.3 is 0 Å². The number of carbonyl (C=O) groups is 2. The molecule has 0 saturated heterocycles. The van der Waals surface area contributed by atoms with Crippen LogP contribution in [0.2, 0.25) is 0 Å². The number of hydrogen-bond donors (Lipinski definition) is 2. The maximum Gasteiger partial charge on any atom is 0.277 e. The molecular weight excluding hydrogens is 336 g/mol. The zero-order valence-corrected chi connectivity index (χ0v) is 14.6. The van der Waals surface area contributed by atoms with E-state index in [9.17, 15) is 9.59 Å². The summed E-state index contributed by atoms with van der Waals surface area (Å²) >= 11 is 0. The number of aromatic nitrogens is 1. The van der Waals surface area contributed by atoms with E-state index in [1.807, 2.05) is 0 Å². The molecule has 0 bridgehead atoms. The van der Waals surface area contributed by atoms with Crippen molar-refractivity contribution >= 4 is 23.2 Å². The second-order valence-corrected chi connectivity index (χ2v) is 5.31. The standard InChI is InChI=1S/C18H20N4O4/c1-13(10-17(23)20-14-4-3-9-19-11-14)21-22-18(24)12-26-16-7-5-15(25-2)6-8-16/h3-9,11H,10,12H2,1-2H3,(H,20,23)(H,22,24)/b21-13+. The second-order valence-electron chi connectivity index (χ2n) is 5.31. The predicted molar refractivity (Wildman–Crippen MR) is 97.2 cm³/mol. The number of methoxy groups -OCH3 is 1. The molecule has 1 aromatic carbocycles. The molecule has 0 radical (unpaired) electrons. The van der Waals surface area contributed by atoms with Crippen LogP contribution in [0.4, 0.5) is 5.69 Å². The Labute approximate surface area is 151 Å². The van der Waals surface area contributed by atoms with Gasteiger partial charge in [-0.25, -0.2) is 5.43 Å². The molecule has 0 atom stereocenters. The maximum absolute atomic E-state index is 11.9. The van der Waals surface area contributed by atoms with Gasteiger partial charge in [0.2, 0.25) is 5.91 Å². The van der Waals surface area contributed by atoms with Crippen LogP contribution in [0.5, 0.6) is 11.5 Å². The Balaban J connectivity index is 1.72. The Kier molecular flexibility index (Phi) is 7.11. The third-order valence-electron chi connectivity index (χ3n) is 3.16. The van der Waals surface area contributed by atoms with Crippen molar-refractivity contribution in [2.24, 2.45) is 5.10 Å². The summed E-state index contributed by atoms with van der Waals surface area (Å²) in [7, 11) is 1.57. The second kappa shape index (κ2) is 9.77. The number of ether oxygens (including phenoxy) is 2. The van der Waals surface area contributed by atoms with Crippen LogP contribution in [0.1, 0.15) is 13.3 Å². The monoisotopic (exact) mass is 356 g/mol. The third-order valence-corrected chi connectivity index (χ3v) is 3.16. The van der Waals surface area contributed by atoms with Gasteiger partial charge in [0.05, 0.1) is 25.4 Å². The fourth-order valence-corrected chi connectivity index (χ4v) is 1.92. The zero-order valence-electron chi connectivity index (χ0n) is 14.6.